The fraction of sp³-hybridized carbons (Fsp3) is 0.800. The summed E-state index contributed by atoms with van der Waals surface area (Å²) in [5.74, 6) is 0.676. The number of aromatic nitrogens is 3. The van der Waals surface area contributed by atoms with E-state index in [-0.39, 0.29) is 0 Å². The second-order valence-corrected chi connectivity index (χ2v) is 4.15. The fourth-order valence-corrected chi connectivity index (χ4v) is 2.23. The zero-order valence-electron chi connectivity index (χ0n) is 8.32. The highest BCUT2D eigenvalue weighted by molar-refractivity contribution is 4.96. The highest BCUT2D eigenvalue weighted by atomic mass is 16.3. The maximum Gasteiger partial charge on any atom is 0.111 e. The lowest BCUT2D eigenvalue weighted by Gasteiger charge is -2.23. The summed E-state index contributed by atoms with van der Waals surface area (Å²) in [4.78, 5) is 0. The van der Waals surface area contributed by atoms with Crippen LogP contribution < -0.4 is 0 Å². The summed E-state index contributed by atoms with van der Waals surface area (Å²) in [5.41, 5.74) is 0.676. The molecule has 1 aromatic heterocycles. The van der Waals surface area contributed by atoms with Crippen molar-refractivity contribution in [3.8, 4) is 0 Å². The fourth-order valence-electron chi connectivity index (χ4n) is 2.23. The maximum atomic E-state index is 9.84. The van der Waals surface area contributed by atoms with Crippen LogP contribution in [0, 0.1) is 5.92 Å². The quantitative estimate of drug-likeness (QED) is 0.773. The van der Waals surface area contributed by atoms with Gasteiger partial charge in [-0.1, -0.05) is 32.1 Å². The normalized spacial score (nSPS) is 20.9. The summed E-state index contributed by atoms with van der Waals surface area (Å²) in [6, 6.07) is 0. The largest absolute Gasteiger partial charge is 0.387 e. The van der Waals surface area contributed by atoms with Gasteiger partial charge in [0.25, 0.3) is 0 Å². The summed E-state index contributed by atoms with van der Waals surface area (Å²) in [7, 11) is 0. The molecule has 1 heterocycles. The standard InChI is InChI=1S/C10H17N3O/c14-10(9-7-11-13-12-9)6-8-4-2-1-3-5-8/h7-8,10,14H,1-6H2,(H,11,12,13). The predicted octanol–water partition coefficient (Wildman–Crippen LogP) is 1.81. The minimum atomic E-state index is -0.433. The molecule has 1 aromatic rings. The summed E-state index contributed by atoms with van der Waals surface area (Å²) in [6.45, 7) is 0. The molecule has 2 N–H and O–H groups in total. The molecule has 1 unspecified atom stereocenters. The lowest BCUT2D eigenvalue weighted by Crippen LogP contribution is -2.11. The third-order valence-corrected chi connectivity index (χ3v) is 3.06. The second-order valence-electron chi connectivity index (χ2n) is 4.15. The Bertz CT molecular complexity index is 254. The number of aromatic amines is 1. The lowest BCUT2D eigenvalue weighted by atomic mass is 9.85. The van der Waals surface area contributed by atoms with Gasteiger partial charge in [0.1, 0.15) is 5.69 Å². The molecular weight excluding hydrogens is 178 g/mol. The van der Waals surface area contributed by atoms with Crippen molar-refractivity contribution in [2.24, 2.45) is 5.92 Å². The van der Waals surface area contributed by atoms with Gasteiger partial charge in [-0.3, -0.25) is 0 Å². The van der Waals surface area contributed by atoms with Gasteiger partial charge < -0.3 is 5.11 Å². The zero-order valence-corrected chi connectivity index (χ0v) is 8.32. The molecule has 1 saturated carbocycles. The number of hydrogen-bond acceptors (Lipinski definition) is 3. The van der Waals surface area contributed by atoms with E-state index in [9.17, 15) is 5.11 Å². The first-order valence-electron chi connectivity index (χ1n) is 5.40. The molecule has 1 aliphatic rings. The van der Waals surface area contributed by atoms with Gasteiger partial charge in [-0.2, -0.15) is 15.4 Å². The highest BCUT2D eigenvalue weighted by Crippen LogP contribution is 2.30. The van der Waals surface area contributed by atoms with E-state index in [4.69, 9.17) is 0 Å². The third kappa shape index (κ3) is 2.32. The molecule has 4 heteroatoms. The number of aliphatic hydroxyl groups is 1. The van der Waals surface area contributed by atoms with Gasteiger partial charge in [0.05, 0.1) is 12.3 Å². The topological polar surface area (TPSA) is 61.8 Å². The number of nitrogens with zero attached hydrogens (tertiary/aromatic N) is 2. The van der Waals surface area contributed by atoms with E-state index in [0.29, 0.717) is 11.6 Å². The van der Waals surface area contributed by atoms with Crippen molar-refractivity contribution >= 4 is 0 Å². The van der Waals surface area contributed by atoms with Crippen molar-refractivity contribution in [1.29, 1.82) is 0 Å². The molecule has 78 valence electrons. The first kappa shape index (κ1) is 9.65. The zero-order chi connectivity index (χ0) is 9.80. The van der Waals surface area contributed by atoms with Crippen LogP contribution in [0.2, 0.25) is 0 Å². The van der Waals surface area contributed by atoms with E-state index in [1.54, 1.807) is 6.20 Å². The molecule has 0 aromatic carbocycles. The molecule has 0 aliphatic heterocycles. The number of H-pyrrole nitrogens is 1. The van der Waals surface area contributed by atoms with Gasteiger partial charge in [-0.05, 0) is 12.3 Å². The van der Waals surface area contributed by atoms with Crippen molar-refractivity contribution < 1.29 is 5.11 Å². The number of rotatable bonds is 3. The Morgan fingerprint density at radius 1 is 1.43 bits per heavy atom. The highest BCUT2D eigenvalue weighted by Gasteiger charge is 2.19. The molecule has 14 heavy (non-hydrogen) atoms. The van der Waals surface area contributed by atoms with Gasteiger partial charge in [0.15, 0.2) is 0 Å². The van der Waals surface area contributed by atoms with Crippen LogP contribution in [0.3, 0.4) is 0 Å². The Morgan fingerprint density at radius 2 is 2.21 bits per heavy atom. The lowest BCUT2D eigenvalue weighted by molar-refractivity contribution is 0.127. The monoisotopic (exact) mass is 195 g/mol. The van der Waals surface area contributed by atoms with Crippen molar-refractivity contribution in [2.45, 2.75) is 44.6 Å². The van der Waals surface area contributed by atoms with Crippen LogP contribution in [0.4, 0.5) is 0 Å². The van der Waals surface area contributed by atoms with Crippen LogP contribution in [-0.2, 0) is 0 Å². The summed E-state index contributed by atoms with van der Waals surface area (Å²) >= 11 is 0. The summed E-state index contributed by atoms with van der Waals surface area (Å²) < 4.78 is 0. The van der Waals surface area contributed by atoms with Crippen LogP contribution in [-0.4, -0.2) is 20.5 Å². The van der Waals surface area contributed by atoms with E-state index in [1.807, 2.05) is 0 Å². The summed E-state index contributed by atoms with van der Waals surface area (Å²) in [5, 5.41) is 20.0. The number of aliphatic hydroxyl groups excluding tert-OH is 1. The first-order chi connectivity index (χ1) is 6.86. The van der Waals surface area contributed by atoms with Crippen molar-refractivity contribution in [3.63, 3.8) is 0 Å². The van der Waals surface area contributed by atoms with E-state index < -0.39 is 6.10 Å². The van der Waals surface area contributed by atoms with Gasteiger partial charge in [0.2, 0.25) is 0 Å². The number of hydrogen-bond donors (Lipinski definition) is 2. The second kappa shape index (κ2) is 4.55. The summed E-state index contributed by atoms with van der Waals surface area (Å²) in [6.07, 6.45) is 8.52. The van der Waals surface area contributed by atoms with Crippen molar-refractivity contribution in [1.82, 2.24) is 15.4 Å². The average molecular weight is 195 g/mol. The smallest absolute Gasteiger partial charge is 0.111 e. The maximum absolute atomic E-state index is 9.84. The number of nitrogens with one attached hydrogen (secondary N) is 1. The molecule has 0 amide bonds. The molecule has 0 spiro atoms. The average Bonchev–Trinajstić information content (AvgIpc) is 2.72. The van der Waals surface area contributed by atoms with Crippen LogP contribution in [0.15, 0.2) is 6.20 Å². The Labute approximate surface area is 83.7 Å². The molecule has 0 saturated heterocycles. The SMILES string of the molecule is OC(CC1CCCCC1)c1cn[nH]n1. The molecule has 2 rings (SSSR count). The molecular formula is C10H17N3O. The van der Waals surface area contributed by atoms with Crippen LogP contribution in [0.5, 0.6) is 0 Å². The van der Waals surface area contributed by atoms with Crippen LogP contribution in [0.1, 0.15) is 50.3 Å². The van der Waals surface area contributed by atoms with E-state index in [0.717, 1.165) is 6.42 Å². The minimum Gasteiger partial charge on any atom is -0.387 e. The molecule has 1 fully saturated rings. The third-order valence-electron chi connectivity index (χ3n) is 3.06. The van der Waals surface area contributed by atoms with Gasteiger partial charge in [-0.25, -0.2) is 0 Å². The van der Waals surface area contributed by atoms with Gasteiger partial charge >= 0.3 is 0 Å². The van der Waals surface area contributed by atoms with Gasteiger partial charge in [0, 0.05) is 0 Å². The molecule has 4 nitrogen and oxygen atoms in total. The van der Waals surface area contributed by atoms with E-state index in [1.165, 1.54) is 32.1 Å². The van der Waals surface area contributed by atoms with Crippen molar-refractivity contribution in [3.05, 3.63) is 11.9 Å². The van der Waals surface area contributed by atoms with E-state index in [2.05, 4.69) is 15.4 Å². The van der Waals surface area contributed by atoms with Crippen molar-refractivity contribution in [2.75, 3.05) is 0 Å². The molecule has 0 radical (unpaired) electrons. The Hall–Kier alpha value is -0.900. The Morgan fingerprint density at radius 3 is 2.86 bits per heavy atom. The van der Waals surface area contributed by atoms with Crippen LogP contribution >= 0.6 is 0 Å². The Balaban J connectivity index is 1.84. The molecule has 1 atom stereocenters. The predicted molar refractivity (Wildman–Crippen MR) is 52.5 cm³/mol. The Kier molecular flexibility index (Phi) is 3.14. The molecule has 1 aliphatic carbocycles. The molecule has 0 bridgehead atoms. The van der Waals surface area contributed by atoms with Crippen LogP contribution in [0.25, 0.3) is 0 Å². The first-order valence-corrected chi connectivity index (χ1v) is 5.40. The minimum absolute atomic E-state index is 0.433. The van der Waals surface area contributed by atoms with Gasteiger partial charge in [-0.15, -0.1) is 0 Å². The van der Waals surface area contributed by atoms with E-state index >= 15 is 0 Å².